The van der Waals surface area contributed by atoms with Gasteiger partial charge in [0.1, 0.15) is 0 Å². The van der Waals surface area contributed by atoms with Crippen molar-refractivity contribution < 1.29 is 9.53 Å². The number of carbonyl (C=O) groups is 1. The summed E-state index contributed by atoms with van der Waals surface area (Å²) in [6, 6.07) is 8.07. The molecule has 1 aromatic rings. The molecule has 3 heteroatoms. The molecule has 0 saturated heterocycles. The fourth-order valence-electron chi connectivity index (χ4n) is 2.91. The average molecular weight is 261 g/mol. The first-order valence-corrected chi connectivity index (χ1v) is 7.18. The molecule has 0 aliphatic heterocycles. The first-order chi connectivity index (χ1) is 9.24. The van der Waals surface area contributed by atoms with Gasteiger partial charge in [-0.15, -0.1) is 0 Å². The van der Waals surface area contributed by atoms with Crippen molar-refractivity contribution in [3.05, 3.63) is 29.8 Å². The summed E-state index contributed by atoms with van der Waals surface area (Å²) in [5.41, 5.74) is 1.53. The fourth-order valence-corrected chi connectivity index (χ4v) is 2.91. The zero-order chi connectivity index (χ0) is 13.7. The third-order valence-corrected chi connectivity index (χ3v) is 4.05. The highest BCUT2D eigenvalue weighted by molar-refractivity contribution is 5.95. The van der Waals surface area contributed by atoms with Crippen LogP contribution in [0.15, 0.2) is 24.3 Å². The van der Waals surface area contributed by atoms with Gasteiger partial charge in [0.2, 0.25) is 0 Å². The molecule has 3 nitrogen and oxygen atoms in total. The largest absolute Gasteiger partial charge is 0.465 e. The Kier molecular flexibility index (Phi) is 4.83. The molecule has 1 aliphatic carbocycles. The first-order valence-electron chi connectivity index (χ1n) is 7.18. The van der Waals surface area contributed by atoms with Gasteiger partial charge in [0, 0.05) is 11.7 Å². The van der Waals surface area contributed by atoms with E-state index in [4.69, 9.17) is 4.74 Å². The van der Waals surface area contributed by atoms with Crippen LogP contribution in [0.1, 0.15) is 49.4 Å². The number of benzene rings is 1. The van der Waals surface area contributed by atoms with E-state index in [1.165, 1.54) is 39.2 Å². The van der Waals surface area contributed by atoms with E-state index in [1.807, 2.05) is 24.3 Å². The Morgan fingerprint density at radius 2 is 2.16 bits per heavy atom. The third kappa shape index (κ3) is 3.49. The van der Waals surface area contributed by atoms with Gasteiger partial charge in [-0.25, -0.2) is 4.79 Å². The lowest BCUT2D eigenvalue weighted by molar-refractivity contribution is 0.0601. The van der Waals surface area contributed by atoms with Gasteiger partial charge in [-0.2, -0.15) is 0 Å². The number of para-hydroxylation sites is 1. The van der Waals surface area contributed by atoms with Crippen molar-refractivity contribution in [2.75, 3.05) is 12.4 Å². The number of methoxy groups -OCH3 is 1. The van der Waals surface area contributed by atoms with Crippen LogP contribution in [0.2, 0.25) is 0 Å². The molecule has 2 unspecified atom stereocenters. The van der Waals surface area contributed by atoms with Gasteiger partial charge in [-0.3, -0.25) is 0 Å². The summed E-state index contributed by atoms with van der Waals surface area (Å²) < 4.78 is 4.83. The Bertz CT molecular complexity index is 431. The zero-order valence-corrected chi connectivity index (χ0v) is 11.8. The number of anilines is 1. The van der Waals surface area contributed by atoms with Crippen LogP contribution in [0.25, 0.3) is 0 Å². The maximum Gasteiger partial charge on any atom is 0.339 e. The molecule has 1 fully saturated rings. The van der Waals surface area contributed by atoms with Gasteiger partial charge in [-0.05, 0) is 30.9 Å². The van der Waals surface area contributed by atoms with Crippen LogP contribution >= 0.6 is 0 Å². The molecule has 1 N–H and O–H groups in total. The van der Waals surface area contributed by atoms with E-state index in [-0.39, 0.29) is 5.97 Å². The number of carbonyl (C=O) groups excluding carboxylic acids is 1. The molecule has 0 aromatic heterocycles. The van der Waals surface area contributed by atoms with Crippen molar-refractivity contribution in [2.24, 2.45) is 5.92 Å². The Balaban J connectivity index is 2.08. The minimum Gasteiger partial charge on any atom is -0.465 e. The minimum absolute atomic E-state index is 0.272. The van der Waals surface area contributed by atoms with Gasteiger partial charge in [0.05, 0.1) is 12.7 Å². The van der Waals surface area contributed by atoms with Gasteiger partial charge >= 0.3 is 5.97 Å². The Hall–Kier alpha value is -1.51. The highest BCUT2D eigenvalue weighted by atomic mass is 16.5. The second-order valence-electron chi connectivity index (χ2n) is 5.32. The van der Waals surface area contributed by atoms with Crippen LogP contribution in [0, 0.1) is 5.92 Å². The summed E-state index contributed by atoms with van der Waals surface area (Å²) >= 11 is 0. The van der Waals surface area contributed by atoms with Gasteiger partial charge in [-0.1, -0.05) is 38.3 Å². The van der Waals surface area contributed by atoms with Gasteiger partial charge in [0.15, 0.2) is 0 Å². The molecular formula is C16H23NO2. The fraction of sp³-hybridized carbons (Fsp3) is 0.562. The molecule has 0 radical (unpaired) electrons. The topological polar surface area (TPSA) is 38.3 Å². The molecule has 104 valence electrons. The second-order valence-corrected chi connectivity index (χ2v) is 5.32. The van der Waals surface area contributed by atoms with E-state index in [9.17, 15) is 4.79 Å². The summed E-state index contributed by atoms with van der Waals surface area (Å²) in [6.45, 7) is 2.26. The van der Waals surface area contributed by atoms with Crippen molar-refractivity contribution in [1.29, 1.82) is 0 Å². The summed E-state index contributed by atoms with van der Waals surface area (Å²) in [5.74, 6) is 0.544. The van der Waals surface area contributed by atoms with Crippen molar-refractivity contribution >= 4 is 11.7 Å². The number of hydrogen-bond acceptors (Lipinski definition) is 3. The normalized spacial score (nSPS) is 22.8. The Morgan fingerprint density at radius 3 is 2.89 bits per heavy atom. The van der Waals surface area contributed by atoms with Gasteiger partial charge in [0.25, 0.3) is 0 Å². The lowest BCUT2D eigenvalue weighted by Crippen LogP contribution is -2.27. The molecule has 0 spiro atoms. The Morgan fingerprint density at radius 1 is 1.37 bits per heavy atom. The molecule has 1 saturated carbocycles. The highest BCUT2D eigenvalue weighted by Crippen LogP contribution is 2.29. The summed E-state index contributed by atoms with van der Waals surface area (Å²) in [4.78, 5) is 11.7. The highest BCUT2D eigenvalue weighted by Gasteiger charge is 2.22. The predicted molar refractivity (Wildman–Crippen MR) is 77.4 cm³/mol. The second kappa shape index (κ2) is 6.60. The van der Waals surface area contributed by atoms with Crippen LogP contribution < -0.4 is 5.32 Å². The average Bonchev–Trinajstić information content (AvgIpc) is 2.47. The number of nitrogens with one attached hydrogen (secondary N) is 1. The van der Waals surface area contributed by atoms with Crippen molar-refractivity contribution in [3.63, 3.8) is 0 Å². The monoisotopic (exact) mass is 261 g/mol. The number of hydrogen-bond donors (Lipinski definition) is 1. The van der Waals surface area contributed by atoms with E-state index in [2.05, 4.69) is 12.2 Å². The number of ether oxygens (including phenoxy) is 1. The van der Waals surface area contributed by atoms with Crippen LogP contribution in [0.5, 0.6) is 0 Å². The third-order valence-electron chi connectivity index (χ3n) is 4.05. The van der Waals surface area contributed by atoms with E-state index >= 15 is 0 Å². The van der Waals surface area contributed by atoms with Gasteiger partial charge < -0.3 is 10.1 Å². The summed E-state index contributed by atoms with van der Waals surface area (Å²) in [6.07, 6.45) is 6.25. The Labute approximate surface area is 115 Å². The zero-order valence-electron chi connectivity index (χ0n) is 11.8. The van der Waals surface area contributed by atoms with Crippen LogP contribution in [-0.4, -0.2) is 19.1 Å². The van der Waals surface area contributed by atoms with E-state index in [0.717, 1.165) is 11.6 Å². The molecule has 2 rings (SSSR count). The quantitative estimate of drug-likeness (QED) is 0.836. The first kappa shape index (κ1) is 13.9. The smallest absolute Gasteiger partial charge is 0.339 e. The number of rotatable bonds is 4. The lowest BCUT2D eigenvalue weighted by atomic mass is 9.84. The molecule has 19 heavy (non-hydrogen) atoms. The maximum atomic E-state index is 11.7. The van der Waals surface area contributed by atoms with Crippen LogP contribution in [-0.2, 0) is 4.74 Å². The van der Waals surface area contributed by atoms with Crippen LogP contribution in [0.4, 0.5) is 5.69 Å². The van der Waals surface area contributed by atoms with Crippen molar-refractivity contribution in [3.8, 4) is 0 Å². The van der Waals surface area contributed by atoms with Crippen molar-refractivity contribution in [1.82, 2.24) is 0 Å². The maximum absolute atomic E-state index is 11.7. The molecular weight excluding hydrogens is 238 g/mol. The lowest BCUT2D eigenvalue weighted by Gasteiger charge is -2.30. The molecule has 2 atom stereocenters. The SMILES string of the molecule is CCC1CCCC(Nc2ccccc2C(=O)OC)C1. The van der Waals surface area contributed by atoms with Crippen molar-refractivity contribution in [2.45, 2.75) is 45.1 Å². The summed E-state index contributed by atoms with van der Waals surface area (Å²) in [5, 5.41) is 3.53. The molecule has 0 bridgehead atoms. The van der Waals surface area contributed by atoms with Crippen LogP contribution in [0.3, 0.4) is 0 Å². The molecule has 1 aliphatic rings. The number of esters is 1. The molecule has 0 amide bonds. The summed E-state index contributed by atoms with van der Waals surface area (Å²) in [7, 11) is 1.42. The predicted octanol–water partition coefficient (Wildman–Crippen LogP) is 3.85. The van der Waals surface area contributed by atoms with E-state index in [1.54, 1.807) is 0 Å². The molecule has 1 aromatic carbocycles. The molecule has 0 heterocycles. The standard InChI is InChI=1S/C16H23NO2/c1-3-12-7-6-8-13(11-12)17-15-10-5-4-9-14(15)16(18)19-2/h4-5,9-10,12-13,17H,3,6-8,11H2,1-2H3. The van der Waals surface area contributed by atoms with E-state index in [0.29, 0.717) is 11.6 Å². The van der Waals surface area contributed by atoms with E-state index < -0.39 is 0 Å². The minimum atomic E-state index is -0.272.